The number of benzene rings is 1. The minimum Gasteiger partial charge on any atom is -0.343 e. The third-order valence-corrected chi connectivity index (χ3v) is 3.91. The topological polar surface area (TPSA) is 62.3 Å². The Morgan fingerprint density at radius 1 is 1.24 bits per heavy atom. The third kappa shape index (κ3) is 2.14. The van der Waals surface area contributed by atoms with Gasteiger partial charge in [-0.15, -0.1) is 0 Å². The summed E-state index contributed by atoms with van der Waals surface area (Å²) in [6.07, 6.45) is 2.30. The lowest BCUT2D eigenvalue weighted by molar-refractivity contribution is -0.133. The molecule has 3 rings (SSSR count). The van der Waals surface area contributed by atoms with E-state index in [0.29, 0.717) is 6.42 Å². The van der Waals surface area contributed by atoms with Gasteiger partial charge < -0.3 is 5.32 Å². The van der Waals surface area contributed by atoms with E-state index in [0.717, 1.165) is 16.6 Å². The average molecular weight is 283 g/mol. The number of carbonyl (C=O) groups is 2. The summed E-state index contributed by atoms with van der Waals surface area (Å²) in [6, 6.07) is 8.40. The second-order valence-corrected chi connectivity index (χ2v) is 5.20. The first-order chi connectivity index (χ1) is 10.1. The van der Waals surface area contributed by atoms with Crippen LogP contribution in [0.2, 0.25) is 0 Å². The van der Waals surface area contributed by atoms with Crippen LogP contribution < -0.4 is 10.2 Å². The largest absolute Gasteiger partial charge is 0.343 e. The maximum Gasteiger partial charge on any atom is 0.250 e. The van der Waals surface area contributed by atoms with Crippen molar-refractivity contribution in [2.24, 2.45) is 0 Å². The number of rotatable bonds is 2. The molecule has 2 unspecified atom stereocenters. The first-order valence-electron chi connectivity index (χ1n) is 7.10. The van der Waals surface area contributed by atoms with Gasteiger partial charge in [0.05, 0.1) is 11.2 Å². The second kappa shape index (κ2) is 5.16. The zero-order valence-corrected chi connectivity index (χ0v) is 12.0. The van der Waals surface area contributed by atoms with Crippen LogP contribution in [0, 0.1) is 0 Å². The second-order valence-electron chi connectivity index (χ2n) is 5.20. The number of hydrogen-bond donors (Lipinski definition) is 1. The Balaban J connectivity index is 2.15. The molecule has 0 radical (unpaired) electrons. The van der Waals surface area contributed by atoms with E-state index >= 15 is 0 Å². The zero-order valence-electron chi connectivity index (χ0n) is 12.0. The number of aromatic nitrogens is 1. The minimum atomic E-state index is -0.522. The molecule has 5 heteroatoms. The van der Waals surface area contributed by atoms with Gasteiger partial charge in [-0.1, -0.05) is 13.0 Å². The summed E-state index contributed by atoms with van der Waals surface area (Å²) in [5.74, 6) is -0.191. The quantitative estimate of drug-likeness (QED) is 0.915. The molecule has 5 nitrogen and oxygen atoms in total. The summed E-state index contributed by atoms with van der Waals surface area (Å²) in [5, 5.41) is 3.65. The highest BCUT2D eigenvalue weighted by molar-refractivity contribution is 6.12. The molecule has 1 N–H and O–H groups in total. The highest BCUT2D eigenvalue weighted by Crippen LogP contribution is 2.29. The molecule has 1 aromatic carbocycles. The number of piperazine rings is 1. The van der Waals surface area contributed by atoms with E-state index in [9.17, 15) is 9.59 Å². The fourth-order valence-electron chi connectivity index (χ4n) is 2.73. The minimum absolute atomic E-state index is 0.0686. The van der Waals surface area contributed by atoms with Crippen molar-refractivity contribution in [1.29, 1.82) is 0 Å². The highest BCUT2D eigenvalue weighted by Gasteiger charge is 2.38. The third-order valence-electron chi connectivity index (χ3n) is 3.91. The fraction of sp³-hybridized carbons (Fsp3) is 0.312. The molecule has 2 atom stereocenters. The highest BCUT2D eigenvalue weighted by atomic mass is 16.2. The van der Waals surface area contributed by atoms with Crippen LogP contribution in [-0.2, 0) is 9.59 Å². The predicted octanol–water partition coefficient (Wildman–Crippen LogP) is 1.86. The van der Waals surface area contributed by atoms with Gasteiger partial charge in [-0.05, 0) is 37.6 Å². The standard InChI is InChI=1S/C16H17N3O2/c1-3-12-16(21)19(10(2)15(20)18-12)14-8-4-7-13-11(14)6-5-9-17-13/h4-10,12H,3H2,1-2H3,(H,18,20). The van der Waals surface area contributed by atoms with Gasteiger partial charge in [0.15, 0.2) is 0 Å². The summed E-state index contributed by atoms with van der Waals surface area (Å²) >= 11 is 0. The Hall–Kier alpha value is -2.43. The molecule has 2 amide bonds. The lowest BCUT2D eigenvalue weighted by Gasteiger charge is -2.37. The van der Waals surface area contributed by atoms with Gasteiger partial charge >= 0.3 is 0 Å². The molecule has 1 fully saturated rings. The van der Waals surface area contributed by atoms with Gasteiger partial charge in [0.2, 0.25) is 11.8 Å². The molecular formula is C16H17N3O2. The molecule has 2 heterocycles. The molecular weight excluding hydrogens is 266 g/mol. The van der Waals surface area contributed by atoms with Crippen molar-refractivity contribution in [3.63, 3.8) is 0 Å². The molecule has 1 aliphatic rings. The number of nitrogens with zero attached hydrogens (tertiary/aromatic N) is 2. The maximum absolute atomic E-state index is 12.6. The van der Waals surface area contributed by atoms with E-state index in [-0.39, 0.29) is 11.8 Å². The van der Waals surface area contributed by atoms with Crippen LogP contribution in [0.1, 0.15) is 20.3 Å². The lowest BCUT2D eigenvalue weighted by Crippen LogP contribution is -2.62. The van der Waals surface area contributed by atoms with Crippen molar-refractivity contribution in [2.75, 3.05) is 4.90 Å². The molecule has 108 valence electrons. The molecule has 1 aliphatic heterocycles. The van der Waals surface area contributed by atoms with Crippen molar-refractivity contribution >= 4 is 28.4 Å². The number of pyridine rings is 1. The molecule has 1 aromatic heterocycles. The van der Waals surface area contributed by atoms with Crippen molar-refractivity contribution in [3.05, 3.63) is 36.5 Å². The van der Waals surface area contributed by atoms with E-state index < -0.39 is 12.1 Å². The first kappa shape index (κ1) is 13.5. The Morgan fingerprint density at radius 3 is 2.81 bits per heavy atom. The lowest BCUT2D eigenvalue weighted by atomic mass is 10.0. The summed E-state index contributed by atoms with van der Waals surface area (Å²) < 4.78 is 0. The number of amides is 2. The summed E-state index contributed by atoms with van der Waals surface area (Å²) in [6.45, 7) is 3.63. The maximum atomic E-state index is 12.6. The number of hydrogen-bond acceptors (Lipinski definition) is 3. The van der Waals surface area contributed by atoms with Crippen LogP contribution in [0.3, 0.4) is 0 Å². The average Bonchev–Trinajstić information content (AvgIpc) is 2.51. The molecule has 0 spiro atoms. The fourth-order valence-corrected chi connectivity index (χ4v) is 2.73. The van der Waals surface area contributed by atoms with E-state index in [1.807, 2.05) is 37.3 Å². The molecule has 1 saturated heterocycles. The van der Waals surface area contributed by atoms with Gasteiger partial charge in [0.25, 0.3) is 0 Å². The predicted molar refractivity (Wildman–Crippen MR) is 80.9 cm³/mol. The van der Waals surface area contributed by atoms with E-state index in [2.05, 4.69) is 10.3 Å². The number of anilines is 1. The van der Waals surface area contributed by atoms with E-state index in [4.69, 9.17) is 0 Å². The van der Waals surface area contributed by atoms with Crippen LogP contribution in [0.4, 0.5) is 5.69 Å². The summed E-state index contributed by atoms with van der Waals surface area (Å²) in [7, 11) is 0. The number of nitrogens with one attached hydrogen (secondary N) is 1. The Morgan fingerprint density at radius 2 is 2.05 bits per heavy atom. The van der Waals surface area contributed by atoms with Gasteiger partial charge in [0.1, 0.15) is 12.1 Å². The van der Waals surface area contributed by atoms with Crippen LogP contribution >= 0.6 is 0 Å². The Labute approximate surface area is 123 Å². The van der Waals surface area contributed by atoms with E-state index in [1.165, 1.54) is 0 Å². The Bertz CT molecular complexity index is 708. The summed E-state index contributed by atoms with van der Waals surface area (Å²) in [4.78, 5) is 30.7. The van der Waals surface area contributed by atoms with Crippen LogP contribution in [-0.4, -0.2) is 28.9 Å². The monoisotopic (exact) mass is 283 g/mol. The first-order valence-corrected chi connectivity index (χ1v) is 7.10. The van der Waals surface area contributed by atoms with Gasteiger partial charge in [-0.2, -0.15) is 0 Å². The van der Waals surface area contributed by atoms with Crippen molar-refractivity contribution in [2.45, 2.75) is 32.4 Å². The van der Waals surface area contributed by atoms with Crippen LogP contribution in [0.5, 0.6) is 0 Å². The van der Waals surface area contributed by atoms with Crippen molar-refractivity contribution in [3.8, 4) is 0 Å². The van der Waals surface area contributed by atoms with Gasteiger partial charge in [0, 0.05) is 11.6 Å². The van der Waals surface area contributed by atoms with E-state index in [1.54, 1.807) is 18.0 Å². The van der Waals surface area contributed by atoms with Crippen molar-refractivity contribution in [1.82, 2.24) is 10.3 Å². The SMILES string of the molecule is CCC1NC(=O)C(C)N(c2cccc3ncccc23)C1=O. The molecule has 0 aliphatic carbocycles. The normalized spacial score (nSPS) is 22.5. The summed E-state index contributed by atoms with van der Waals surface area (Å²) in [5.41, 5.74) is 1.56. The molecule has 0 bridgehead atoms. The van der Waals surface area contributed by atoms with Crippen molar-refractivity contribution < 1.29 is 9.59 Å². The molecule has 21 heavy (non-hydrogen) atoms. The number of carbonyl (C=O) groups excluding carboxylic acids is 2. The molecule has 0 saturated carbocycles. The van der Waals surface area contributed by atoms with Gasteiger partial charge in [-0.25, -0.2) is 0 Å². The Kier molecular flexibility index (Phi) is 3.33. The molecule has 2 aromatic rings. The van der Waals surface area contributed by atoms with Crippen LogP contribution in [0.15, 0.2) is 36.5 Å². The number of fused-ring (bicyclic) bond motifs is 1. The zero-order chi connectivity index (χ0) is 15.0. The van der Waals surface area contributed by atoms with Gasteiger partial charge in [-0.3, -0.25) is 19.5 Å². The smallest absolute Gasteiger partial charge is 0.250 e. The van der Waals surface area contributed by atoms with Crippen LogP contribution in [0.25, 0.3) is 10.9 Å².